The molecule has 7 heteroatoms. The molecule has 0 bridgehead atoms. The number of carboxylic acids is 1. The predicted octanol–water partition coefficient (Wildman–Crippen LogP) is 0.954. The van der Waals surface area contributed by atoms with Crippen LogP contribution in [0.4, 0.5) is 5.82 Å². The molecule has 0 spiro atoms. The third-order valence-electron chi connectivity index (χ3n) is 3.30. The number of anilines is 1. The van der Waals surface area contributed by atoms with Crippen molar-refractivity contribution in [2.24, 2.45) is 5.92 Å². The Morgan fingerprint density at radius 3 is 2.55 bits per heavy atom. The number of rotatable bonds is 4. The van der Waals surface area contributed by atoms with Crippen molar-refractivity contribution < 1.29 is 19.4 Å². The summed E-state index contributed by atoms with van der Waals surface area (Å²) in [6.45, 7) is 3.57. The number of aromatic nitrogens is 2. The van der Waals surface area contributed by atoms with Crippen molar-refractivity contribution >= 4 is 17.8 Å². The smallest absolute Gasteiger partial charge is 0.356 e. The standard InChI is InChI=1S/C13H17N3O4/c1-2-20-13(19)9-3-5-16(6-4-9)11-8-14-10(7-15-11)12(17)18/h7-9H,2-6H2,1H3,(H,17,18). The summed E-state index contributed by atoms with van der Waals surface area (Å²) in [7, 11) is 0. The van der Waals surface area contributed by atoms with Crippen molar-refractivity contribution in [3.05, 3.63) is 18.1 Å². The molecule has 2 heterocycles. The van der Waals surface area contributed by atoms with E-state index < -0.39 is 5.97 Å². The number of aromatic carboxylic acids is 1. The number of esters is 1. The lowest BCUT2D eigenvalue weighted by Gasteiger charge is -2.31. The van der Waals surface area contributed by atoms with Gasteiger partial charge >= 0.3 is 11.9 Å². The monoisotopic (exact) mass is 279 g/mol. The van der Waals surface area contributed by atoms with E-state index in [4.69, 9.17) is 9.84 Å². The van der Waals surface area contributed by atoms with Gasteiger partial charge in [0.2, 0.25) is 0 Å². The lowest BCUT2D eigenvalue weighted by molar-refractivity contribution is -0.148. The first kappa shape index (κ1) is 14.2. The number of hydrogen-bond donors (Lipinski definition) is 1. The molecule has 0 aliphatic carbocycles. The second-order valence-corrected chi connectivity index (χ2v) is 4.58. The summed E-state index contributed by atoms with van der Waals surface area (Å²) in [5.41, 5.74) is -0.0739. The number of carbonyl (C=O) groups excluding carboxylic acids is 1. The van der Waals surface area contributed by atoms with Crippen molar-refractivity contribution in [1.82, 2.24) is 9.97 Å². The summed E-state index contributed by atoms with van der Waals surface area (Å²) in [6, 6.07) is 0. The Kier molecular flexibility index (Phi) is 4.49. The average molecular weight is 279 g/mol. The SMILES string of the molecule is CCOC(=O)C1CCN(c2cnc(C(=O)O)cn2)CC1. The first-order chi connectivity index (χ1) is 9.61. The lowest BCUT2D eigenvalue weighted by atomic mass is 9.97. The van der Waals surface area contributed by atoms with Crippen LogP contribution in [0.2, 0.25) is 0 Å². The average Bonchev–Trinajstić information content (AvgIpc) is 2.48. The van der Waals surface area contributed by atoms with E-state index in [0.29, 0.717) is 38.4 Å². The van der Waals surface area contributed by atoms with Gasteiger partial charge in [0.05, 0.1) is 24.9 Å². The van der Waals surface area contributed by atoms with Crippen LogP contribution in [0.25, 0.3) is 0 Å². The van der Waals surface area contributed by atoms with Gasteiger partial charge < -0.3 is 14.7 Å². The highest BCUT2D eigenvalue weighted by molar-refractivity contribution is 5.84. The van der Waals surface area contributed by atoms with E-state index in [-0.39, 0.29) is 17.6 Å². The third kappa shape index (κ3) is 3.23. The second-order valence-electron chi connectivity index (χ2n) is 4.58. The van der Waals surface area contributed by atoms with Crippen LogP contribution in [0.3, 0.4) is 0 Å². The van der Waals surface area contributed by atoms with Crippen molar-refractivity contribution in [2.75, 3.05) is 24.6 Å². The topological polar surface area (TPSA) is 92.6 Å². The number of carboxylic acid groups (broad SMARTS) is 1. The summed E-state index contributed by atoms with van der Waals surface area (Å²) in [5, 5.41) is 8.76. The normalized spacial score (nSPS) is 15.9. The van der Waals surface area contributed by atoms with Crippen LogP contribution in [0, 0.1) is 5.92 Å². The first-order valence-electron chi connectivity index (χ1n) is 6.58. The van der Waals surface area contributed by atoms with E-state index in [1.54, 1.807) is 6.92 Å². The van der Waals surface area contributed by atoms with Crippen LogP contribution in [-0.4, -0.2) is 46.7 Å². The number of piperidine rings is 1. The fourth-order valence-electron chi connectivity index (χ4n) is 2.20. The minimum absolute atomic E-state index is 0.0579. The number of ether oxygens (including phenoxy) is 1. The molecule has 1 aliphatic heterocycles. The largest absolute Gasteiger partial charge is 0.476 e. The molecule has 0 radical (unpaired) electrons. The number of hydrogen-bond acceptors (Lipinski definition) is 6. The molecule has 1 aromatic heterocycles. The van der Waals surface area contributed by atoms with E-state index in [2.05, 4.69) is 9.97 Å². The van der Waals surface area contributed by atoms with E-state index >= 15 is 0 Å². The van der Waals surface area contributed by atoms with Gasteiger partial charge in [-0.1, -0.05) is 0 Å². The summed E-state index contributed by atoms with van der Waals surface area (Å²) in [5.74, 6) is -0.653. The molecule has 2 rings (SSSR count). The molecule has 1 N–H and O–H groups in total. The molecule has 0 saturated carbocycles. The third-order valence-corrected chi connectivity index (χ3v) is 3.30. The zero-order chi connectivity index (χ0) is 14.5. The summed E-state index contributed by atoms with van der Waals surface area (Å²) in [6.07, 6.45) is 4.12. The predicted molar refractivity (Wildman–Crippen MR) is 70.6 cm³/mol. The lowest BCUT2D eigenvalue weighted by Crippen LogP contribution is -2.37. The Balaban J connectivity index is 1.93. The molecule has 0 amide bonds. The van der Waals surface area contributed by atoms with Gasteiger partial charge in [-0.05, 0) is 19.8 Å². The minimum Gasteiger partial charge on any atom is -0.476 e. The van der Waals surface area contributed by atoms with Crippen LogP contribution in [0.1, 0.15) is 30.3 Å². The van der Waals surface area contributed by atoms with E-state index in [1.165, 1.54) is 12.4 Å². The Morgan fingerprint density at radius 1 is 1.35 bits per heavy atom. The van der Waals surface area contributed by atoms with Gasteiger partial charge in [0, 0.05) is 13.1 Å². The van der Waals surface area contributed by atoms with Crippen molar-refractivity contribution in [3.63, 3.8) is 0 Å². The molecule has 0 unspecified atom stereocenters. The van der Waals surface area contributed by atoms with E-state index in [0.717, 1.165) is 0 Å². The zero-order valence-electron chi connectivity index (χ0n) is 11.3. The van der Waals surface area contributed by atoms with Crippen LogP contribution < -0.4 is 4.90 Å². The van der Waals surface area contributed by atoms with Gasteiger partial charge in [0.15, 0.2) is 5.69 Å². The Morgan fingerprint density at radius 2 is 2.05 bits per heavy atom. The van der Waals surface area contributed by atoms with Crippen molar-refractivity contribution in [2.45, 2.75) is 19.8 Å². The Hall–Kier alpha value is -2.18. The fraction of sp³-hybridized carbons (Fsp3) is 0.538. The molecule has 108 valence electrons. The van der Waals surface area contributed by atoms with Crippen LogP contribution in [-0.2, 0) is 9.53 Å². The molecule has 20 heavy (non-hydrogen) atoms. The Labute approximate surface area is 116 Å². The highest BCUT2D eigenvalue weighted by atomic mass is 16.5. The number of nitrogens with zero attached hydrogens (tertiary/aromatic N) is 3. The van der Waals surface area contributed by atoms with Crippen LogP contribution in [0.5, 0.6) is 0 Å². The maximum atomic E-state index is 11.6. The molecular weight excluding hydrogens is 262 g/mol. The Bertz CT molecular complexity index is 481. The quantitative estimate of drug-likeness (QED) is 0.820. The summed E-state index contributed by atoms with van der Waals surface area (Å²) >= 11 is 0. The van der Waals surface area contributed by atoms with Gasteiger partial charge in [-0.2, -0.15) is 0 Å². The molecule has 7 nitrogen and oxygen atoms in total. The summed E-state index contributed by atoms with van der Waals surface area (Å²) < 4.78 is 5.01. The molecule has 0 atom stereocenters. The van der Waals surface area contributed by atoms with Crippen molar-refractivity contribution in [1.29, 1.82) is 0 Å². The molecule has 1 aliphatic rings. The van der Waals surface area contributed by atoms with Crippen LogP contribution >= 0.6 is 0 Å². The molecular formula is C13H17N3O4. The van der Waals surface area contributed by atoms with E-state index in [1.807, 2.05) is 4.90 Å². The molecule has 1 saturated heterocycles. The maximum absolute atomic E-state index is 11.6. The van der Waals surface area contributed by atoms with Gasteiger partial charge in [-0.15, -0.1) is 0 Å². The van der Waals surface area contributed by atoms with Gasteiger partial charge in [0.1, 0.15) is 5.82 Å². The first-order valence-corrected chi connectivity index (χ1v) is 6.58. The summed E-state index contributed by atoms with van der Waals surface area (Å²) in [4.78, 5) is 32.3. The zero-order valence-corrected chi connectivity index (χ0v) is 11.3. The second kappa shape index (κ2) is 6.31. The minimum atomic E-state index is -1.09. The van der Waals surface area contributed by atoms with Gasteiger partial charge in [0.25, 0.3) is 0 Å². The van der Waals surface area contributed by atoms with Gasteiger partial charge in [-0.25, -0.2) is 14.8 Å². The highest BCUT2D eigenvalue weighted by Crippen LogP contribution is 2.22. The maximum Gasteiger partial charge on any atom is 0.356 e. The van der Waals surface area contributed by atoms with Crippen LogP contribution in [0.15, 0.2) is 12.4 Å². The molecule has 1 aromatic rings. The molecule has 0 aromatic carbocycles. The highest BCUT2D eigenvalue weighted by Gasteiger charge is 2.26. The van der Waals surface area contributed by atoms with E-state index in [9.17, 15) is 9.59 Å². The van der Waals surface area contributed by atoms with Gasteiger partial charge in [-0.3, -0.25) is 4.79 Å². The van der Waals surface area contributed by atoms with Crippen molar-refractivity contribution in [3.8, 4) is 0 Å². The fourth-order valence-corrected chi connectivity index (χ4v) is 2.20. The molecule has 1 fully saturated rings. The number of carbonyl (C=O) groups is 2.